The van der Waals surface area contributed by atoms with Crippen molar-refractivity contribution in [1.82, 2.24) is 0 Å². The summed E-state index contributed by atoms with van der Waals surface area (Å²) >= 11 is 0. The molecule has 2 rings (SSSR count). The third kappa shape index (κ3) is 4.32. The summed E-state index contributed by atoms with van der Waals surface area (Å²) in [4.78, 5) is 12.0. The molecule has 20 heavy (non-hydrogen) atoms. The highest BCUT2D eigenvalue weighted by molar-refractivity contribution is 5.91. The second kappa shape index (κ2) is 6.86. The average Bonchev–Trinajstić information content (AvgIpc) is 2.83. The first kappa shape index (κ1) is 15.0. The number of hydrogen-bond donors (Lipinski definition) is 2. The van der Waals surface area contributed by atoms with Gasteiger partial charge in [-0.3, -0.25) is 4.79 Å². The smallest absolute Gasteiger partial charge is 0.227 e. The highest BCUT2D eigenvalue weighted by Crippen LogP contribution is 2.32. The van der Waals surface area contributed by atoms with Gasteiger partial charge in [0.15, 0.2) is 0 Å². The molecule has 0 bridgehead atoms. The molecule has 0 heterocycles. The van der Waals surface area contributed by atoms with Crippen molar-refractivity contribution in [3.8, 4) is 0 Å². The van der Waals surface area contributed by atoms with E-state index in [2.05, 4.69) is 5.32 Å². The van der Waals surface area contributed by atoms with Crippen molar-refractivity contribution in [2.24, 2.45) is 0 Å². The van der Waals surface area contributed by atoms with Crippen LogP contribution in [-0.4, -0.2) is 23.2 Å². The molecular formula is C16H23NO3. The van der Waals surface area contributed by atoms with E-state index in [1.54, 1.807) is 0 Å². The maximum Gasteiger partial charge on any atom is 0.227 e. The van der Waals surface area contributed by atoms with Gasteiger partial charge < -0.3 is 15.2 Å². The SMILES string of the molecule is CCOCc1cccc(NC(=O)CC2(O)CCCC2)c1. The monoisotopic (exact) mass is 277 g/mol. The standard InChI is InChI=1S/C16H23NO3/c1-2-20-12-13-6-5-7-14(10-13)17-15(18)11-16(19)8-3-4-9-16/h5-7,10,19H,2-4,8-9,11-12H2,1H3,(H,17,18). The first-order chi connectivity index (χ1) is 9.61. The molecule has 0 radical (unpaired) electrons. The minimum Gasteiger partial charge on any atom is -0.389 e. The van der Waals surface area contributed by atoms with Crippen LogP contribution in [0.3, 0.4) is 0 Å². The molecule has 0 atom stereocenters. The third-order valence-electron chi connectivity index (χ3n) is 3.71. The van der Waals surface area contributed by atoms with Crippen molar-refractivity contribution in [1.29, 1.82) is 0 Å². The van der Waals surface area contributed by atoms with Crippen molar-refractivity contribution in [3.05, 3.63) is 29.8 Å². The fraction of sp³-hybridized carbons (Fsp3) is 0.562. The lowest BCUT2D eigenvalue weighted by Crippen LogP contribution is -2.30. The fourth-order valence-electron chi connectivity index (χ4n) is 2.67. The number of rotatable bonds is 6. The number of hydrogen-bond acceptors (Lipinski definition) is 3. The lowest BCUT2D eigenvalue weighted by atomic mass is 9.97. The number of ether oxygens (including phenoxy) is 1. The summed E-state index contributed by atoms with van der Waals surface area (Å²) < 4.78 is 5.35. The topological polar surface area (TPSA) is 58.6 Å². The van der Waals surface area contributed by atoms with Gasteiger partial charge in [0.25, 0.3) is 0 Å². The van der Waals surface area contributed by atoms with E-state index in [1.807, 2.05) is 31.2 Å². The molecule has 1 aromatic rings. The fourth-order valence-corrected chi connectivity index (χ4v) is 2.67. The van der Waals surface area contributed by atoms with Gasteiger partial charge in [-0.15, -0.1) is 0 Å². The molecular weight excluding hydrogens is 254 g/mol. The molecule has 0 saturated heterocycles. The Kier molecular flexibility index (Phi) is 5.15. The second-order valence-corrected chi connectivity index (χ2v) is 5.49. The summed E-state index contributed by atoms with van der Waals surface area (Å²) in [5, 5.41) is 13.1. The van der Waals surface area contributed by atoms with Gasteiger partial charge >= 0.3 is 0 Å². The summed E-state index contributed by atoms with van der Waals surface area (Å²) in [6.07, 6.45) is 3.65. The Labute approximate surface area is 120 Å². The number of carbonyl (C=O) groups is 1. The normalized spacial score (nSPS) is 17.1. The zero-order chi connectivity index (χ0) is 14.4. The number of carbonyl (C=O) groups excluding carboxylic acids is 1. The molecule has 0 aliphatic heterocycles. The minimum atomic E-state index is -0.799. The molecule has 1 fully saturated rings. The van der Waals surface area contributed by atoms with E-state index in [0.717, 1.165) is 36.9 Å². The van der Waals surface area contributed by atoms with Crippen LogP contribution in [0, 0.1) is 0 Å². The Morgan fingerprint density at radius 2 is 2.15 bits per heavy atom. The zero-order valence-corrected chi connectivity index (χ0v) is 12.0. The molecule has 2 N–H and O–H groups in total. The Hall–Kier alpha value is -1.39. The molecule has 110 valence electrons. The van der Waals surface area contributed by atoms with Crippen molar-refractivity contribution < 1.29 is 14.6 Å². The van der Waals surface area contributed by atoms with Crippen LogP contribution >= 0.6 is 0 Å². The lowest BCUT2D eigenvalue weighted by Gasteiger charge is -2.21. The molecule has 0 aromatic heterocycles. The van der Waals surface area contributed by atoms with Gasteiger partial charge in [0.2, 0.25) is 5.91 Å². The summed E-state index contributed by atoms with van der Waals surface area (Å²) in [6.45, 7) is 3.17. The molecule has 1 aromatic carbocycles. The Morgan fingerprint density at radius 3 is 2.85 bits per heavy atom. The molecule has 1 saturated carbocycles. The maximum absolute atomic E-state index is 12.0. The minimum absolute atomic E-state index is 0.122. The van der Waals surface area contributed by atoms with Gasteiger partial charge in [0, 0.05) is 12.3 Å². The van der Waals surface area contributed by atoms with Crippen LogP contribution in [0.25, 0.3) is 0 Å². The van der Waals surface area contributed by atoms with Gasteiger partial charge in [-0.05, 0) is 37.5 Å². The van der Waals surface area contributed by atoms with Crippen LogP contribution in [0.4, 0.5) is 5.69 Å². The Balaban J connectivity index is 1.90. The van der Waals surface area contributed by atoms with Gasteiger partial charge in [0.05, 0.1) is 18.6 Å². The second-order valence-electron chi connectivity index (χ2n) is 5.49. The number of benzene rings is 1. The predicted octanol–water partition coefficient (Wildman–Crippen LogP) is 2.86. The summed E-state index contributed by atoms with van der Waals surface area (Å²) in [7, 11) is 0. The molecule has 0 spiro atoms. The predicted molar refractivity (Wildman–Crippen MR) is 78.4 cm³/mol. The molecule has 4 nitrogen and oxygen atoms in total. The average molecular weight is 277 g/mol. The number of anilines is 1. The van der Waals surface area contributed by atoms with Crippen molar-refractivity contribution in [2.45, 2.75) is 51.2 Å². The molecule has 0 unspecified atom stereocenters. The van der Waals surface area contributed by atoms with E-state index >= 15 is 0 Å². The van der Waals surface area contributed by atoms with Crippen LogP contribution in [0.1, 0.15) is 44.6 Å². The first-order valence-electron chi connectivity index (χ1n) is 7.30. The van der Waals surface area contributed by atoms with Crippen LogP contribution in [0.15, 0.2) is 24.3 Å². The number of aliphatic hydroxyl groups is 1. The molecule has 1 aliphatic carbocycles. The van der Waals surface area contributed by atoms with Crippen LogP contribution in [0.2, 0.25) is 0 Å². The lowest BCUT2D eigenvalue weighted by molar-refractivity contribution is -0.120. The van der Waals surface area contributed by atoms with Crippen molar-refractivity contribution in [3.63, 3.8) is 0 Å². The molecule has 1 amide bonds. The largest absolute Gasteiger partial charge is 0.389 e. The van der Waals surface area contributed by atoms with E-state index < -0.39 is 5.60 Å². The highest BCUT2D eigenvalue weighted by atomic mass is 16.5. The quantitative estimate of drug-likeness (QED) is 0.840. The zero-order valence-electron chi connectivity index (χ0n) is 12.0. The molecule has 1 aliphatic rings. The first-order valence-corrected chi connectivity index (χ1v) is 7.30. The van der Waals surface area contributed by atoms with E-state index in [-0.39, 0.29) is 12.3 Å². The van der Waals surface area contributed by atoms with Crippen LogP contribution < -0.4 is 5.32 Å². The van der Waals surface area contributed by atoms with Crippen molar-refractivity contribution in [2.75, 3.05) is 11.9 Å². The summed E-state index contributed by atoms with van der Waals surface area (Å²) in [6, 6.07) is 7.63. The highest BCUT2D eigenvalue weighted by Gasteiger charge is 2.33. The Bertz CT molecular complexity index is 453. The van der Waals surface area contributed by atoms with E-state index in [4.69, 9.17) is 4.74 Å². The van der Waals surface area contributed by atoms with E-state index in [1.165, 1.54) is 0 Å². The summed E-state index contributed by atoms with van der Waals surface area (Å²) in [5.74, 6) is -0.122. The van der Waals surface area contributed by atoms with Gasteiger partial charge in [-0.2, -0.15) is 0 Å². The van der Waals surface area contributed by atoms with Gasteiger partial charge in [-0.1, -0.05) is 25.0 Å². The van der Waals surface area contributed by atoms with E-state index in [9.17, 15) is 9.90 Å². The third-order valence-corrected chi connectivity index (χ3v) is 3.71. The summed E-state index contributed by atoms with van der Waals surface area (Å²) in [5.41, 5.74) is 0.991. The Morgan fingerprint density at radius 1 is 1.40 bits per heavy atom. The van der Waals surface area contributed by atoms with Crippen molar-refractivity contribution >= 4 is 11.6 Å². The van der Waals surface area contributed by atoms with E-state index in [0.29, 0.717) is 13.2 Å². The van der Waals surface area contributed by atoms with Gasteiger partial charge in [0.1, 0.15) is 0 Å². The van der Waals surface area contributed by atoms with Crippen LogP contribution in [0.5, 0.6) is 0 Å². The number of nitrogens with one attached hydrogen (secondary N) is 1. The number of amides is 1. The van der Waals surface area contributed by atoms with Crippen LogP contribution in [-0.2, 0) is 16.1 Å². The maximum atomic E-state index is 12.0. The van der Waals surface area contributed by atoms with Gasteiger partial charge in [-0.25, -0.2) is 0 Å². The molecule has 4 heteroatoms.